The average molecular weight is 541 g/mol. The molecule has 4 aromatic rings. The Morgan fingerprint density at radius 2 is 1.65 bits per heavy atom. The Hall–Kier alpha value is -5.06. The number of H-pyrrole nitrogens is 2. The number of anilines is 1. The number of rotatable bonds is 11. The van der Waals surface area contributed by atoms with Gasteiger partial charge in [0.25, 0.3) is 17.4 Å². The second-order valence-electron chi connectivity index (χ2n) is 9.78. The summed E-state index contributed by atoms with van der Waals surface area (Å²) in [5.41, 5.74) is 1.48. The van der Waals surface area contributed by atoms with E-state index in [0.717, 1.165) is 12.8 Å². The highest BCUT2D eigenvalue weighted by Gasteiger charge is 2.35. The van der Waals surface area contributed by atoms with Crippen molar-refractivity contribution in [2.75, 3.05) is 5.32 Å². The van der Waals surface area contributed by atoms with Crippen LogP contribution < -0.4 is 21.5 Å². The van der Waals surface area contributed by atoms with E-state index in [2.05, 4.69) is 30.9 Å². The third kappa shape index (κ3) is 6.49. The lowest BCUT2D eigenvalue weighted by molar-refractivity contribution is -0.137. The minimum Gasteiger partial charge on any atom is -0.344 e. The van der Waals surface area contributed by atoms with Gasteiger partial charge in [0.15, 0.2) is 5.82 Å². The SMILES string of the molecule is O=C(Nc1ccccc1)C(=O)C(Cc1ccc[nH]c1=O)NC(=O)C(CC1CC1)NC(=O)c1nc2ccccc2[nH]1. The number of nitrogens with one attached hydrogen (secondary N) is 5. The summed E-state index contributed by atoms with van der Waals surface area (Å²) in [6, 6.07) is 16.4. The molecule has 0 radical (unpaired) electrons. The number of imidazole rings is 1. The first kappa shape index (κ1) is 26.5. The molecule has 11 heteroatoms. The minimum absolute atomic E-state index is 0.0560. The van der Waals surface area contributed by atoms with Crippen LogP contribution in [0.5, 0.6) is 0 Å². The maximum Gasteiger partial charge on any atom is 0.293 e. The zero-order valence-corrected chi connectivity index (χ0v) is 21.5. The van der Waals surface area contributed by atoms with Gasteiger partial charge in [-0.15, -0.1) is 0 Å². The number of para-hydroxylation sites is 3. The highest BCUT2D eigenvalue weighted by Crippen LogP contribution is 2.33. The van der Waals surface area contributed by atoms with Gasteiger partial charge in [0.2, 0.25) is 11.7 Å². The number of aromatic amines is 2. The molecule has 2 aromatic carbocycles. The molecule has 2 atom stereocenters. The summed E-state index contributed by atoms with van der Waals surface area (Å²) in [5, 5.41) is 7.88. The lowest BCUT2D eigenvalue weighted by Crippen LogP contribution is -2.54. The average Bonchev–Trinajstić information content (AvgIpc) is 3.67. The molecule has 3 amide bonds. The summed E-state index contributed by atoms with van der Waals surface area (Å²) < 4.78 is 0. The first-order valence-electron chi connectivity index (χ1n) is 13.0. The molecule has 11 nitrogen and oxygen atoms in total. The van der Waals surface area contributed by atoms with E-state index in [1.807, 2.05) is 6.07 Å². The van der Waals surface area contributed by atoms with Crippen LogP contribution >= 0.6 is 0 Å². The first-order valence-corrected chi connectivity index (χ1v) is 13.0. The Kier molecular flexibility index (Phi) is 7.81. The molecule has 1 aliphatic carbocycles. The van der Waals surface area contributed by atoms with Gasteiger partial charge in [-0.2, -0.15) is 0 Å². The number of carbonyl (C=O) groups is 4. The van der Waals surface area contributed by atoms with Gasteiger partial charge >= 0.3 is 0 Å². The largest absolute Gasteiger partial charge is 0.344 e. The van der Waals surface area contributed by atoms with Crippen molar-refractivity contribution in [1.82, 2.24) is 25.6 Å². The number of aromatic nitrogens is 3. The topological polar surface area (TPSA) is 166 Å². The number of pyridine rings is 1. The Morgan fingerprint density at radius 3 is 2.38 bits per heavy atom. The Morgan fingerprint density at radius 1 is 0.900 bits per heavy atom. The van der Waals surface area contributed by atoms with Crippen LogP contribution in [0.3, 0.4) is 0 Å². The minimum atomic E-state index is -1.34. The van der Waals surface area contributed by atoms with Crippen LogP contribution in [0.1, 0.15) is 35.4 Å². The van der Waals surface area contributed by atoms with Gasteiger partial charge in [-0.1, -0.05) is 49.2 Å². The van der Waals surface area contributed by atoms with Gasteiger partial charge in [0.1, 0.15) is 12.1 Å². The summed E-state index contributed by atoms with van der Waals surface area (Å²) in [6.07, 6.45) is 3.44. The van der Waals surface area contributed by atoms with Crippen LogP contribution in [-0.2, 0) is 20.8 Å². The van der Waals surface area contributed by atoms with Gasteiger partial charge in [-0.3, -0.25) is 24.0 Å². The molecule has 2 aromatic heterocycles. The zero-order valence-electron chi connectivity index (χ0n) is 21.5. The second kappa shape index (κ2) is 11.8. The van der Waals surface area contributed by atoms with Gasteiger partial charge < -0.3 is 25.9 Å². The third-order valence-corrected chi connectivity index (χ3v) is 6.70. The quantitative estimate of drug-likeness (QED) is 0.183. The zero-order chi connectivity index (χ0) is 28.1. The van der Waals surface area contributed by atoms with E-state index in [-0.39, 0.29) is 23.7 Å². The lowest BCUT2D eigenvalue weighted by Gasteiger charge is -2.22. The molecule has 5 N–H and O–H groups in total. The van der Waals surface area contributed by atoms with E-state index in [9.17, 15) is 24.0 Å². The van der Waals surface area contributed by atoms with E-state index >= 15 is 0 Å². The van der Waals surface area contributed by atoms with E-state index < -0.39 is 41.1 Å². The Balaban J connectivity index is 1.35. The smallest absolute Gasteiger partial charge is 0.293 e. The molecule has 0 spiro atoms. The number of benzene rings is 2. The summed E-state index contributed by atoms with van der Waals surface area (Å²) >= 11 is 0. The first-order chi connectivity index (χ1) is 19.4. The molecular weight excluding hydrogens is 512 g/mol. The van der Waals surface area contributed by atoms with Crippen molar-refractivity contribution in [2.45, 2.75) is 37.8 Å². The predicted molar refractivity (Wildman–Crippen MR) is 147 cm³/mol. The molecule has 0 aliphatic heterocycles. The molecule has 204 valence electrons. The number of carbonyl (C=O) groups excluding carboxylic acids is 4. The molecule has 2 heterocycles. The maximum atomic E-state index is 13.5. The number of hydrogen-bond acceptors (Lipinski definition) is 6. The van der Waals surface area contributed by atoms with E-state index in [1.165, 1.54) is 12.3 Å². The third-order valence-electron chi connectivity index (χ3n) is 6.70. The number of Topliss-reactive ketones (excluding diaryl/α,β-unsaturated/α-hetero) is 1. The fourth-order valence-corrected chi connectivity index (χ4v) is 4.40. The monoisotopic (exact) mass is 540 g/mol. The van der Waals surface area contributed by atoms with Crippen LogP contribution in [-0.4, -0.2) is 50.5 Å². The summed E-state index contributed by atoms with van der Waals surface area (Å²) in [6.45, 7) is 0. The van der Waals surface area contributed by atoms with Crippen LogP contribution in [0, 0.1) is 5.92 Å². The van der Waals surface area contributed by atoms with Crippen molar-refractivity contribution < 1.29 is 19.2 Å². The van der Waals surface area contributed by atoms with Gasteiger partial charge in [-0.05, 0) is 42.7 Å². The van der Waals surface area contributed by atoms with E-state index in [4.69, 9.17) is 0 Å². The summed E-state index contributed by atoms with van der Waals surface area (Å²) in [5.74, 6) is -2.75. The number of hydrogen-bond donors (Lipinski definition) is 5. The highest BCUT2D eigenvalue weighted by molar-refractivity contribution is 6.42. The van der Waals surface area contributed by atoms with Crippen LogP contribution in [0.4, 0.5) is 5.69 Å². The van der Waals surface area contributed by atoms with Gasteiger partial charge in [0, 0.05) is 23.9 Å². The Bertz CT molecular complexity index is 1570. The van der Waals surface area contributed by atoms with Crippen LogP contribution in [0.15, 0.2) is 77.7 Å². The number of ketones is 1. The summed E-state index contributed by atoms with van der Waals surface area (Å²) in [4.78, 5) is 74.7. The van der Waals surface area contributed by atoms with Crippen molar-refractivity contribution in [3.05, 3.63) is 94.7 Å². The van der Waals surface area contributed by atoms with Crippen molar-refractivity contribution >= 4 is 40.2 Å². The lowest BCUT2D eigenvalue weighted by atomic mass is 10.0. The van der Waals surface area contributed by atoms with E-state index in [1.54, 1.807) is 54.6 Å². The fourth-order valence-electron chi connectivity index (χ4n) is 4.40. The molecule has 0 saturated heterocycles. The molecule has 1 fully saturated rings. The van der Waals surface area contributed by atoms with Gasteiger partial charge in [0.05, 0.1) is 11.0 Å². The molecule has 5 rings (SSSR count). The van der Waals surface area contributed by atoms with Crippen LogP contribution in [0.25, 0.3) is 11.0 Å². The normalized spacial score (nSPS) is 14.2. The number of amides is 3. The standard InChI is InChI=1S/C29H28N6O5/c36-24(28(39)31-19-8-2-1-3-9-19)22(16-18-7-6-14-30-26(18)37)34-27(38)23(15-17-12-13-17)35-29(40)25-32-20-10-4-5-11-21(20)33-25/h1-11,14,17,22-23H,12-13,15-16H2,(H,30,37)(H,31,39)(H,32,33)(H,34,38)(H,35,40). The maximum absolute atomic E-state index is 13.5. The molecular formula is C29H28N6O5. The molecule has 1 saturated carbocycles. The summed E-state index contributed by atoms with van der Waals surface area (Å²) in [7, 11) is 0. The van der Waals surface area contributed by atoms with Crippen molar-refractivity contribution in [2.24, 2.45) is 5.92 Å². The van der Waals surface area contributed by atoms with Gasteiger partial charge in [-0.25, -0.2) is 4.98 Å². The number of nitrogens with zero attached hydrogens (tertiary/aromatic N) is 1. The predicted octanol–water partition coefficient (Wildman–Crippen LogP) is 2.08. The molecule has 1 aliphatic rings. The van der Waals surface area contributed by atoms with Crippen molar-refractivity contribution in [1.29, 1.82) is 0 Å². The second-order valence-corrected chi connectivity index (χ2v) is 9.78. The van der Waals surface area contributed by atoms with Crippen molar-refractivity contribution in [3.63, 3.8) is 0 Å². The Labute approximate surface area is 228 Å². The highest BCUT2D eigenvalue weighted by atomic mass is 16.2. The van der Waals surface area contributed by atoms with E-state index in [0.29, 0.717) is 23.1 Å². The molecule has 2 unspecified atom stereocenters. The molecule has 0 bridgehead atoms. The fraction of sp³-hybridized carbons (Fsp3) is 0.241. The van der Waals surface area contributed by atoms with Crippen molar-refractivity contribution in [3.8, 4) is 0 Å². The van der Waals surface area contributed by atoms with Crippen LogP contribution in [0.2, 0.25) is 0 Å². The molecule has 40 heavy (non-hydrogen) atoms. The number of fused-ring (bicyclic) bond motifs is 1.